The van der Waals surface area contributed by atoms with Crippen LogP contribution in [-0.4, -0.2) is 45.3 Å². The number of halogens is 2. The highest BCUT2D eigenvalue weighted by Crippen LogP contribution is 2.47. The summed E-state index contributed by atoms with van der Waals surface area (Å²) in [5, 5.41) is 12.8. The Hall–Kier alpha value is -1.98. The normalized spacial score (nSPS) is 20.2. The smallest absolute Gasteiger partial charge is 0.404 e. The van der Waals surface area contributed by atoms with Gasteiger partial charge in [-0.3, -0.25) is 0 Å². The predicted molar refractivity (Wildman–Crippen MR) is 125 cm³/mol. The van der Waals surface area contributed by atoms with E-state index in [1.807, 2.05) is 0 Å². The van der Waals surface area contributed by atoms with Gasteiger partial charge in [-0.15, -0.1) is 0 Å². The van der Waals surface area contributed by atoms with Crippen molar-refractivity contribution in [1.29, 1.82) is 0 Å². The average Bonchev–Trinajstić information content (AvgIpc) is 3.09. The van der Waals surface area contributed by atoms with Crippen molar-refractivity contribution in [2.45, 2.75) is 48.1 Å². The molecule has 2 aromatic rings. The highest BCUT2D eigenvalue weighted by atomic mass is 79.9. The lowest BCUT2D eigenvalue weighted by molar-refractivity contribution is 0.149. The Bertz CT molecular complexity index is 1000. The van der Waals surface area contributed by atoms with Gasteiger partial charge in [-0.05, 0) is 53.1 Å². The van der Waals surface area contributed by atoms with Crippen LogP contribution in [0, 0.1) is 5.41 Å². The molecule has 4 rings (SSSR count). The van der Waals surface area contributed by atoms with E-state index in [1.54, 1.807) is 12.3 Å². The number of carbonyl (C=O) groups is 1. The Morgan fingerprint density at radius 3 is 2.74 bits per heavy atom. The summed E-state index contributed by atoms with van der Waals surface area (Å²) in [7, 11) is 0. The quantitative estimate of drug-likeness (QED) is 0.462. The van der Waals surface area contributed by atoms with E-state index in [-0.39, 0.29) is 17.3 Å². The first-order valence-electron chi connectivity index (χ1n) is 9.94. The van der Waals surface area contributed by atoms with Gasteiger partial charge in [-0.1, -0.05) is 29.8 Å². The number of nitrogen functional groups attached to an aromatic ring is 2. The molecule has 2 aromatic heterocycles. The van der Waals surface area contributed by atoms with Crippen molar-refractivity contribution in [1.82, 2.24) is 20.3 Å². The predicted octanol–water partition coefficient (Wildman–Crippen LogP) is 4.01. The Kier molecular flexibility index (Phi) is 6.36. The van der Waals surface area contributed by atoms with Gasteiger partial charge >= 0.3 is 6.09 Å². The van der Waals surface area contributed by atoms with Crippen LogP contribution in [0.2, 0.25) is 5.02 Å². The van der Waals surface area contributed by atoms with Gasteiger partial charge in [0.1, 0.15) is 15.4 Å². The van der Waals surface area contributed by atoms with Gasteiger partial charge in [-0.25, -0.2) is 19.7 Å². The molecule has 1 aliphatic carbocycles. The monoisotopic (exact) mass is 527 g/mol. The number of nitrogens with one attached hydrogen (secondary N) is 1. The van der Waals surface area contributed by atoms with E-state index in [1.165, 1.54) is 11.8 Å². The minimum absolute atomic E-state index is 0.0167. The van der Waals surface area contributed by atoms with Crippen molar-refractivity contribution in [3.8, 4) is 0 Å². The summed E-state index contributed by atoms with van der Waals surface area (Å²) in [6, 6.07) is 1.77. The van der Waals surface area contributed by atoms with Crippen molar-refractivity contribution in [3.05, 3.63) is 21.9 Å². The number of nitrogens with two attached hydrogens (primary N) is 2. The number of hydrogen-bond donors (Lipinski definition) is 4. The summed E-state index contributed by atoms with van der Waals surface area (Å²) in [6.45, 7) is 1.54. The van der Waals surface area contributed by atoms with Crippen molar-refractivity contribution in [2.75, 3.05) is 29.5 Å². The second kappa shape index (κ2) is 8.87. The maximum Gasteiger partial charge on any atom is 0.404 e. The largest absolute Gasteiger partial charge is 0.465 e. The Morgan fingerprint density at radius 1 is 1.29 bits per heavy atom. The molecule has 1 amide bonds. The number of piperidine rings is 1. The Balaban J connectivity index is 1.49. The standard InChI is InChI=1S/C19H23BrClN7O2S/c20-13-16(27-15(23)17(26-13)31-10-3-7-24-14(22)12(10)21)28-8-5-19(6-9-28)4-1-2-11(19)25-18(29)30/h3,7,11,25H,1-2,4-6,8-9H2,(H2,22,24)(H2,23,27)(H,29,30). The molecule has 0 aromatic carbocycles. The number of rotatable bonds is 4. The lowest BCUT2D eigenvalue weighted by Gasteiger charge is -2.43. The third kappa shape index (κ3) is 4.49. The van der Waals surface area contributed by atoms with E-state index >= 15 is 0 Å². The van der Waals surface area contributed by atoms with Gasteiger partial charge in [0.25, 0.3) is 0 Å². The zero-order chi connectivity index (χ0) is 22.2. The second-order valence-electron chi connectivity index (χ2n) is 7.88. The minimum atomic E-state index is -0.945. The molecule has 0 bridgehead atoms. The van der Waals surface area contributed by atoms with Gasteiger partial charge in [0, 0.05) is 30.2 Å². The van der Waals surface area contributed by atoms with Crippen LogP contribution in [0.4, 0.5) is 22.2 Å². The van der Waals surface area contributed by atoms with E-state index in [0.717, 1.165) is 45.2 Å². The van der Waals surface area contributed by atoms with Crippen molar-refractivity contribution in [3.63, 3.8) is 0 Å². The fraction of sp³-hybridized carbons (Fsp3) is 0.474. The zero-order valence-corrected chi connectivity index (χ0v) is 19.8. The van der Waals surface area contributed by atoms with E-state index in [0.29, 0.717) is 31.2 Å². The molecule has 1 aliphatic heterocycles. The fourth-order valence-corrected chi connectivity index (χ4v) is 6.26. The molecule has 1 atom stereocenters. The molecule has 31 heavy (non-hydrogen) atoms. The first-order chi connectivity index (χ1) is 14.8. The lowest BCUT2D eigenvalue weighted by Crippen LogP contribution is -2.50. The van der Waals surface area contributed by atoms with Crippen LogP contribution in [-0.2, 0) is 0 Å². The maximum absolute atomic E-state index is 11.2. The first-order valence-corrected chi connectivity index (χ1v) is 11.9. The highest BCUT2D eigenvalue weighted by Gasteiger charge is 2.45. The van der Waals surface area contributed by atoms with E-state index in [9.17, 15) is 4.79 Å². The molecule has 1 unspecified atom stereocenters. The first kappa shape index (κ1) is 22.2. The molecule has 6 N–H and O–H groups in total. The van der Waals surface area contributed by atoms with Crippen LogP contribution in [0.3, 0.4) is 0 Å². The van der Waals surface area contributed by atoms with Gasteiger partial charge in [0.05, 0.1) is 5.02 Å². The zero-order valence-electron chi connectivity index (χ0n) is 16.6. The number of anilines is 3. The maximum atomic E-state index is 11.2. The molecule has 1 saturated carbocycles. The van der Waals surface area contributed by atoms with Crippen LogP contribution < -0.4 is 21.7 Å². The third-order valence-electron chi connectivity index (χ3n) is 6.18. The Morgan fingerprint density at radius 2 is 2.03 bits per heavy atom. The lowest BCUT2D eigenvalue weighted by atomic mass is 9.74. The molecule has 0 radical (unpaired) electrons. The summed E-state index contributed by atoms with van der Waals surface area (Å²) in [6.07, 6.45) is 5.43. The number of aromatic nitrogens is 3. The second-order valence-corrected chi connectivity index (χ2v) is 10.0. The molecular weight excluding hydrogens is 506 g/mol. The molecule has 2 fully saturated rings. The molecule has 9 nitrogen and oxygen atoms in total. The molecule has 1 spiro atoms. The number of amides is 1. The summed E-state index contributed by atoms with van der Waals surface area (Å²) in [4.78, 5) is 27.2. The topological polar surface area (TPSA) is 143 Å². The molecule has 12 heteroatoms. The number of carboxylic acid groups (broad SMARTS) is 1. The molecular formula is C19H23BrClN7O2S. The number of pyridine rings is 1. The van der Waals surface area contributed by atoms with Crippen LogP contribution in [0.5, 0.6) is 0 Å². The molecule has 1 saturated heterocycles. The SMILES string of the molecule is Nc1nc(N2CCC3(CCCC3NC(=O)O)CC2)c(Br)nc1Sc1ccnc(N)c1Cl. The highest BCUT2D eigenvalue weighted by molar-refractivity contribution is 9.10. The van der Waals surface area contributed by atoms with Crippen LogP contribution in [0.1, 0.15) is 32.1 Å². The van der Waals surface area contributed by atoms with Crippen molar-refractivity contribution in [2.24, 2.45) is 5.41 Å². The van der Waals surface area contributed by atoms with E-state index < -0.39 is 6.09 Å². The number of hydrogen-bond acceptors (Lipinski definition) is 8. The van der Waals surface area contributed by atoms with Crippen LogP contribution in [0.15, 0.2) is 26.8 Å². The summed E-state index contributed by atoms with van der Waals surface area (Å²) < 4.78 is 0.602. The minimum Gasteiger partial charge on any atom is -0.465 e. The average molecular weight is 529 g/mol. The van der Waals surface area contributed by atoms with Crippen LogP contribution >= 0.6 is 39.3 Å². The van der Waals surface area contributed by atoms with E-state index in [4.69, 9.17) is 28.2 Å². The van der Waals surface area contributed by atoms with Crippen molar-refractivity contribution >= 4 is 62.8 Å². The van der Waals surface area contributed by atoms with Gasteiger partial charge in [-0.2, -0.15) is 0 Å². The van der Waals surface area contributed by atoms with E-state index in [2.05, 4.69) is 41.1 Å². The van der Waals surface area contributed by atoms with Gasteiger partial charge in [0.2, 0.25) is 0 Å². The number of nitrogens with zero attached hydrogens (tertiary/aromatic N) is 4. The molecule has 3 heterocycles. The Labute approximate surface area is 197 Å². The van der Waals surface area contributed by atoms with Gasteiger partial charge < -0.3 is 26.8 Å². The van der Waals surface area contributed by atoms with Crippen LogP contribution in [0.25, 0.3) is 0 Å². The summed E-state index contributed by atoms with van der Waals surface area (Å²) in [5.41, 5.74) is 12.0. The van der Waals surface area contributed by atoms with Gasteiger partial charge in [0.15, 0.2) is 11.6 Å². The third-order valence-corrected chi connectivity index (χ3v) is 8.28. The summed E-state index contributed by atoms with van der Waals surface area (Å²) in [5.74, 6) is 1.25. The van der Waals surface area contributed by atoms with Crippen molar-refractivity contribution < 1.29 is 9.90 Å². The summed E-state index contributed by atoms with van der Waals surface area (Å²) >= 11 is 11.1. The molecule has 2 aliphatic rings. The fourth-order valence-electron chi connectivity index (χ4n) is 4.58. The molecule has 166 valence electrons.